The first-order valence-corrected chi connectivity index (χ1v) is 9.07. The van der Waals surface area contributed by atoms with Gasteiger partial charge in [-0.1, -0.05) is 19.1 Å². The second-order valence-corrected chi connectivity index (χ2v) is 7.32. The van der Waals surface area contributed by atoms with E-state index in [1.807, 2.05) is 19.9 Å². The quantitative estimate of drug-likeness (QED) is 0.817. The minimum atomic E-state index is -3.50. The van der Waals surface area contributed by atoms with Gasteiger partial charge in [0.05, 0.1) is 16.1 Å². The van der Waals surface area contributed by atoms with E-state index in [0.717, 1.165) is 22.7 Å². The fourth-order valence-corrected chi connectivity index (χ4v) is 3.71. The molecule has 21 heavy (non-hydrogen) atoms. The largest absolute Gasteiger partial charge is 0.313 e. The summed E-state index contributed by atoms with van der Waals surface area (Å²) in [6.45, 7) is 5.67. The van der Waals surface area contributed by atoms with E-state index in [1.165, 1.54) is 11.3 Å². The minimum Gasteiger partial charge on any atom is -0.313 e. The highest BCUT2D eigenvalue weighted by atomic mass is 32.2. The number of nitrogens with zero attached hydrogens (tertiary/aromatic N) is 1. The van der Waals surface area contributed by atoms with Gasteiger partial charge in [-0.3, -0.25) is 0 Å². The molecule has 0 saturated heterocycles. The molecule has 114 valence electrons. The van der Waals surface area contributed by atoms with Crippen LogP contribution in [0.3, 0.4) is 0 Å². The number of aromatic nitrogens is 1. The number of thiazole rings is 1. The fraction of sp³-hybridized carbons (Fsp3) is 0.357. The molecule has 1 aromatic carbocycles. The molecule has 2 rings (SSSR count). The molecule has 0 bridgehead atoms. The number of aryl methyl sites for hydroxylation is 1. The van der Waals surface area contributed by atoms with E-state index in [2.05, 4.69) is 15.0 Å². The summed E-state index contributed by atoms with van der Waals surface area (Å²) < 4.78 is 27.3. The first-order valence-electron chi connectivity index (χ1n) is 6.71. The molecule has 1 heterocycles. The maximum Gasteiger partial charge on any atom is 0.240 e. The molecule has 0 amide bonds. The lowest BCUT2D eigenvalue weighted by Crippen LogP contribution is -2.23. The zero-order valence-corrected chi connectivity index (χ0v) is 13.7. The van der Waals surface area contributed by atoms with Crippen molar-refractivity contribution in [2.45, 2.75) is 31.8 Å². The summed E-state index contributed by atoms with van der Waals surface area (Å²) in [5, 5.41) is 3.18. The van der Waals surface area contributed by atoms with E-state index in [0.29, 0.717) is 11.4 Å². The summed E-state index contributed by atoms with van der Waals surface area (Å²) in [7, 11) is -3.50. The molecule has 0 atom stereocenters. The number of hydrogen-bond donors (Lipinski definition) is 2. The van der Waals surface area contributed by atoms with Crippen LogP contribution in [0.2, 0.25) is 0 Å². The van der Waals surface area contributed by atoms with Crippen molar-refractivity contribution >= 4 is 21.4 Å². The molecular formula is C14H19N3O2S2. The van der Waals surface area contributed by atoms with Gasteiger partial charge in [-0.05, 0) is 31.2 Å². The zero-order valence-electron chi connectivity index (χ0n) is 12.1. The Bertz CT molecular complexity index is 696. The van der Waals surface area contributed by atoms with E-state index < -0.39 is 10.0 Å². The van der Waals surface area contributed by atoms with E-state index in [9.17, 15) is 8.42 Å². The molecule has 0 fully saturated rings. The molecule has 0 radical (unpaired) electrons. The molecule has 2 aromatic rings. The molecule has 0 saturated carbocycles. The number of hydrogen-bond acceptors (Lipinski definition) is 5. The molecule has 0 spiro atoms. The minimum absolute atomic E-state index is 0.274. The van der Waals surface area contributed by atoms with E-state index in [1.54, 1.807) is 23.7 Å². The first-order chi connectivity index (χ1) is 10.0. The van der Waals surface area contributed by atoms with Crippen LogP contribution in [0.5, 0.6) is 0 Å². The lowest BCUT2D eigenvalue weighted by Gasteiger charge is -2.08. The van der Waals surface area contributed by atoms with Crippen LogP contribution in [0, 0.1) is 6.92 Å². The number of rotatable bonds is 7. The predicted octanol–water partition coefficient (Wildman–Crippen LogP) is 2.04. The van der Waals surface area contributed by atoms with Crippen LogP contribution in [0.4, 0.5) is 0 Å². The van der Waals surface area contributed by atoms with Crippen LogP contribution >= 0.6 is 11.3 Å². The Morgan fingerprint density at radius 2 is 2.10 bits per heavy atom. The molecule has 0 aliphatic carbocycles. The summed E-state index contributed by atoms with van der Waals surface area (Å²) in [6, 6.07) is 6.98. The SMILES string of the molecule is CCNCc1cccc(S(=O)(=O)NCc2scnc2C)c1. The van der Waals surface area contributed by atoms with Crippen LogP contribution in [-0.2, 0) is 23.1 Å². The molecule has 0 aliphatic rings. The number of sulfonamides is 1. The molecular weight excluding hydrogens is 306 g/mol. The van der Waals surface area contributed by atoms with Crippen LogP contribution < -0.4 is 10.0 Å². The molecule has 1 aromatic heterocycles. The van der Waals surface area contributed by atoms with Gasteiger partial charge in [0.2, 0.25) is 10.0 Å². The third-order valence-electron chi connectivity index (χ3n) is 3.06. The molecule has 2 N–H and O–H groups in total. The number of nitrogens with one attached hydrogen (secondary N) is 2. The van der Waals surface area contributed by atoms with Gasteiger partial charge >= 0.3 is 0 Å². The smallest absolute Gasteiger partial charge is 0.240 e. The Morgan fingerprint density at radius 1 is 1.29 bits per heavy atom. The third-order valence-corrected chi connectivity index (χ3v) is 5.39. The molecule has 5 nitrogen and oxygen atoms in total. The van der Waals surface area contributed by atoms with Crippen molar-refractivity contribution in [1.29, 1.82) is 0 Å². The van der Waals surface area contributed by atoms with Crippen molar-refractivity contribution in [2.75, 3.05) is 6.54 Å². The maximum atomic E-state index is 12.3. The van der Waals surface area contributed by atoms with Gasteiger partial charge in [0.1, 0.15) is 0 Å². The summed E-state index contributed by atoms with van der Waals surface area (Å²) in [6.07, 6.45) is 0. The second-order valence-electron chi connectivity index (χ2n) is 4.61. The summed E-state index contributed by atoms with van der Waals surface area (Å²) in [4.78, 5) is 5.34. The summed E-state index contributed by atoms with van der Waals surface area (Å²) in [5.41, 5.74) is 3.54. The van der Waals surface area contributed by atoms with Crippen LogP contribution in [0.25, 0.3) is 0 Å². The fourth-order valence-electron chi connectivity index (χ4n) is 1.83. The van der Waals surface area contributed by atoms with Crippen LogP contribution in [-0.4, -0.2) is 19.9 Å². The predicted molar refractivity (Wildman–Crippen MR) is 84.7 cm³/mol. The number of benzene rings is 1. The summed E-state index contributed by atoms with van der Waals surface area (Å²) in [5.74, 6) is 0. The van der Waals surface area contributed by atoms with Gasteiger partial charge in [-0.25, -0.2) is 18.1 Å². The van der Waals surface area contributed by atoms with Crippen LogP contribution in [0.1, 0.15) is 23.1 Å². The highest BCUT2D eigenvalue weighted by Gasteiger charge is 2.15. The normalized spacial score (nSPS) is 11.7. The van der Waals surface area contributed by atoms with Crippen molar-refractivity contribution in [3.05, 3.63) is 45.9 Å². The van der Waals surface area contributed by atoms with Gasteiger partial charge in [0.25, 0.3) is 0 Å². The highest BCUT2D eigenvalue weighted by molar-refractivity contribution is 7.89. The van der Waals surface area contributed by atoms with E-state index in [4.69, 9.17) is 0 Å². The zero-order chi connectivity index (χ0) is 15.3. The highest BCUT2D eigenvalue weighted by Crippen LogP contribution is 2.15. The van der Waals surface area contributed by atoms with Gasteiger partial charge in [0, 0.05) is 18.0 Å². The average molecular weight is 325 g/mol. The molecule has 0 unspecified atom stereocenters. The van der Waals surface area contributed by atoms with Crippen LogP contribution in [0.15, 0.2) is 34.7 Å². The molecule has 0 aliphatic heterocycles. The Hall–Kier alpha value is -1.28. The van der Waals surface area contributed by atoms with Gasteiger partial charge in [-0.15, -0.1) is 11.3 Å². The second kappa shape index (κ2) is 7.13. The van der Waals surface area contributed by atoms with Gasteiger partial charge < -0.3 is 5.32 Å². The van der Waals surface area contributed by atoms with E-state index >= 15 is 0 Å². The van der Waals surface area contributed by atoms with E-state index in [-0.39, 0.29) is 6.54 Å². The van der Waals surface area contributed by atoms with Gasteiger partial charge in [0.15, 0.2) is 0 Å². The third kappa shape index (κ3) is 4.34. The maximum absolute atomic E-state index is 12.3. The van der Waals surface area contributed by atoms with Crippen molar-refractivity contribution in [1.82, 2.24) is 15.0 Å². The Labute approximate surface area is 129 Å². The Kier molecular flexibility index (Phi) is 5.46. The Balaban J connectivity index is 2.10. The lowest BCUT2D eigenvalue weighted by atomic mass is 10.2. The standard InChI is InChI=1S/C14H19N3O2S2/c1-3-15-8-12-5-4-6-13(7-12)21(18,19)17-9-14-11(2)16-10-20-14/h4-7,10,15,17H,3,8-9H2,1-2H3. The van der Waals surface area contributed by atoms with Crippen molar-refractivity contribution in [3.8, 4) is 0 Å². The first kappa shape index (κ1) is 16.1. The average Bonchev–Trinajstić information content (AvgIpc) is 2.89. The summed E-state index contributed by atoms with van der Waals surface area (Å²) >= 11 is 1.45. The molecule has 7 heteroatoms. The van der Waals surface area contributed by atoms with Crippen molar-refractivity contribution in [2.24, 2.45) is 0 Å². The topological polar surface area (TPSA) is 71.1 Å². The van der Waals surface area contributed by atoms with Gasteiger partial charge in [-0.2, -0.15) is 0 Å². The lowest BCUT2D eigenvalue weighted by molar-refractivity contribution is 0.581. The Morgan fingerprint density at radius 3 is 2.76 bits per heavy atom. The van der Waals surface area contributed by atoms with Crippen molar-refractivity contribution in [3.63, 3.8) is 0 Å². The van der Waals surface area contributed by atoms with Crippen molar-refractivity contribution < 1.29 is 8.42 Å². The monoisotopic (exact) mass is 325 g/mol.